The number of nitrogens with zero attached hydrogens (tertiary/aromatic N) is 2. The topological polar surface area (TPSA) is 69.7 Å². The number of hydrogen-bond donors (Lipinski definition) is 1. The number of amides is 1. The van der Waals surface area contributed by atoms with Crippen molar-refractivity contribution in [2.75, 3.05) is 26.2 Å². The lowest BCUT2D eigenvalue weighted by Gasteiger charge is -2.38. The van der Waals surface area contributed by atoms with E-state index in [9.17, 15) is 22.0 Å². The molecule has 6 nitrogen and oxygen atoms in total. The summed E-state index contributed by atoms with van der Waals surface area (Å²) in [6, 6.07) is 8.63. The molecule has 0 radical (unpaired) electrons. The van der Waals surface area contributed by atoms with E-state index < -0.39 is 21.9 Å². The van der Waals surface area contributed by atoms with Crippen LogP contribution in [0.2, 0.25) is 5.02 Å². The Balaban J connectivity index is 1.50. The lowest BCUT2D eigenvalue weighted by molar-refractivity contribution is -0.127. The summed E-state index contributed by atoms with van der Waals surface area (Å²) >= 11 is 5.75. The van der Waals surface area contributed by atoms with Gasteiger partial charge >= 0.3 is 0 Å². The molecule has 31 heavy (non-hydrogen) atoms. The molecule has 1 N–H and O–H groups in total. The van der Waals surface area contributed by atoms with Gasteiger partial charge in [-0.1, -0.05) is 23.7 Å². The minimum Gasteiger partial charge on any atom is -0.352 e. The monoisotopic (exact) mass is 469 g/mol. The number of benzene rings is 2. The van der Waals surface area contributed by atoms with E-state index in [4.69, 9.17) is 11.6 Å². The zero-order valence-corrected chi connectivity index (χ0v) is 18.2. The van der Waals surface area contributed by atoms with Crippen LogP contribution in [0.25, 0.3) is 0 Å². The smallest absolute Gasteiger partial charge is 0.243 e. The highest BCUT2D eigenvalue weighted by Gasteiger charge is 2.36. The van der Waals surface area contributed by atoms with Gasteiger partial charge in [0.05, 0.1) is 9.92 Å². The molecule has 1 atom stereocenters. The maximum atomic E-state index is 13.4. The van der Waals surface area contributed by atoms with E-state index in [0.29, 0.717) is 18.7 Å². The third-order valence-electron chi connectivity index (χ3n) is 5.53. The molecule has 2 aromatic carbocycles. The van der Waals surface area contributed by atoms with Gasteiger partial charge in [-0.25, -0.2) is 17.2 Å². The molecule has 1 amide bonds. The van der Waals surface area contributed by atoms with Crippen LogP contribution in [0.1, 0.15) is 24.4 Å². The first-order chi connectivity index (χ1) is 14.8. The molecule has 1 heterocycles. The van der Waals surface area contributed by atoms with Crippen molar-refractivity contribution in [3.63, 3.8) is 0 Å². The standard InChI is InChI=1S/C21H22ClF2N3O3S/c22-18-13-17(7-8-19(18)24)31(29,30)27-11-9-26(10-12-27)20(21(28)25-16-5-6-16)14-1-3-15(23)4-2-14/h1-4,7-8,13,16,20H,5-6,9-12H2,(H,25,28). The van der Waals surface area contributed by atoms with Gasteiger partial charge in [0.2, 0.25) is 15.9 Å². The second-order valence-corrected chi connectivity index (χ2v) is 10.1. The van der Waals surface area contributed by atoms with Crippen molar-refractivity contribution in [1.29, 1.82) is 0 Å². The number of nitrogens with one attached hydrogen (secondary N) is 1. The summed E-state index contributed by atoms with van der Waals surface area (Å²) < 4.78 is 54.0. The van der Waals surface area contributed by atoms with Crippen molar-refractivity contribution in [1.82, 2.24) is 14.5 Å². The largest absolute Gasteiger partial charge is 0.352 e. The van der Waals surface area contributed by atoms with Crippen molar-refractivity contribution in [2.45, 2.75) is 29.8 Å². The lowest BCUT2D eigenvalue weighted by Crippen LogP contribution is -2.52. The Kier molecular flexibility index (Phi) is 6.30. The first kappa shape index (κ1) is 22.1. The maximum Gasteiger partial charge on any atom is 0.243 e. The summed E-state index contributed by atoms with van der Waals surface area (Å²) in [6.07, 6.45) is 1.88. The van der Waals surface area contributed by atoms with Gasteiger partial charge in [-0.3, -0.25) is 9.69 Å². The van der Waals surface area contributed by atoms with Crippen LogP contribution in [0, 0.1) is 11.6 Å². The molecule has 0 aromatic heterocycles. The first-order valence-electron chi connectivity index (χ1n) is 10.0. The molecular weight excluding hydrogens is 448 g/mol. The van der Waals surface area contributed by atoms with Gasteiger partial charge in [-0.2, -0.15) is 4.31 Å². The van der Waals surface area contributed by atoms with Crippen LogP contribution in [0.3, 0.4) is 0 Å². The van der Waals surface area contributed by atoms with Crippen molar-refractivity contribution < 1.29 is 22.0 Å². The second kappa shape index (κ2) is 8.82. The summed E-state index contributed by atoms with van der Waals surface area (Å²) in [5, 5.41) is 2.73. The molecule has 1 saturated carbocycles. The van der Waals surface area contributed by atoms with E-state index in [-0.39, 0.29) is 40.8 Å². The van der Waals surface area contributed by atoms with Crippen LogP contribution >= 0.6 is 11.6 Å². The van der Waals surface area contributed by atoms with Gasteiger partial charge in [-0.15, -0.1) is 0 Å². The Morgan fingerprint density at radius 3 is 2.26 bits per heavy atom. The molecule has 0 spiro atoms. The van der Waals surface area contributed by atoms with Crippen LogP contribution in [0.15, 0.2) is 47.4 Å². The Morgan fingerprint density at radius 2 is 1.68 bits per heavy atom. The normalized spacial score (nSPS) is 19.2. The molecule has 2 aliphatic rings. The molecule has 1 saturated heterocycles. The van der Waals surface area contributed by atoms with E-state index >= 15 is 0 Å². The first-order valence-corrected chi connectivity index (χ1v) is 11.8. The molecular formula is C21H22ClF2N3O3S. The van der Waals surface area contributed by atoms with E-state index in [1.807, 2.05) is 4.90 Å². The molecule has 10 heteroatoms. The van der Waals surface area contributed by atoms with Gasteiger partial charge < -0.3 is 5.32 Å². The zero-order valence-electron chi connectivity index (χ0n) is 16.6. The number of sulfonamides is 1. The van der Waals surface area contributed by atoms with Crippen LogP contribution < -0.4 is 5.32 Å². The SMILES string of the molecule is O=C(NC1CC1)C(c1ccc(F)cc1)N1CCN(S(=O)(=O)c2ccc(F)c(Cl)c2)CC1. The lowest BCUT2D eigenvalue weighted by atomic mass is 10.0. The minimum absolute atomic E-state index is 0.0751. The molecule has 166 valence electrons. The van der Waals surface area contributed by atoms with Crippen LogP contribution in [0.5, 0.6) is 0 Å². The van der Waals surface area contributed by atoms with E-state index in [1.165, 1.54) is 22.5 Å². The van der Waals surface area contributed by atoms with E-state index in [0.717, 1.165) is 25.0 Å². The van der Waals surface area contributed by atoms with Crippen LogP contribution in [-0.2, 0) is 14.8 Å². The number of piperazine rings is 1. The highest BCUT2D eigenvalue weighted by Crippen LogP contribution is 2.28. The average Bonchev–Trinajstić information content (AvgIpc) is 3.56. The zero-order chi connectivity index (χ0) is 22.2. The van der Waals surface area contributed by atoms with Crippen molar-refractivity contribution in [3.8, 4) is 0 Å². The van der Waals surface area contributed by atoms with Crippen molar-refractivity contribution >= 4 is 27.5 Å². The number of hydrogen-bond acceptors (Lipinski definition) is 4. The second-order valence-electron chi connectivity index (χ2n) is 7.75. The number of carbonyl (C=O) groups is 1. The highest BCUT2D eigenvalue weighted by atomic mass is 35.5. The van der Waals surface area contributed by atoms with Crippen molar-refractivity contribution in [3.05, 3.63) is 64.7 Å². The number of carbonyl (C=O) groups excluding carboxylic acids is 1. The average molecular weight is 470 g/mol. The summed E-state index contributed by atoms with van der Waals surface area (Å²) in [6.45, 7) is 0.944. The van der Waals surface area contributed by atoms with Crippen molar-refractivity contribution in [2.24, 2.45) is 0 Å². The van der Waals surface area contributed by atoms with Crippen LogP contribution in [-0.4, -0.2) is 55.8 Å². The Bertz CT molecular complexity index is 1070. The van der Waals surface area contributed by atoms with Crippen LogP contribution in [0.4, 0.5) is 8.78 Å². The molecule has 1 aliphatic heterocycles. The predicted octanol–water partition coefficient (Wildman–Crippen LogP) is 2.94. The van der Waals surface area contributed by atoms with Gasteiger partial charge in [-0.05, 0) is 48.7 Å². The number of rotatable bonds is 6. The molecule has 4 rings (SSSR count). The van der Waals surface area contributed by atoms with E-state index in [2.05, 4.69) is 5.32 Å². The molecule has 1 aliphatic carbocycles. The molecule has 2 aromatic rings. The van der Waals surface area contributed by atoms with Gasteiger partial charge in [0, 0.05) is 32.2 Å². The van der Waals surface area contributed by atoms with Gasteiger partial charge in [0.15, 0.2) is 0 Å². The fraction of sp³-hybridized carbons (Fsp3) is 0.381. The third kappa shape index (κ3) is 4.90. The van der Waals surface area contributed by atoms with Gasteiger partial charge in [0.25, 0.3) is 0 Å². The quantitative estimate of drug-likeness (QED) is 0.706. The summed E-state index contributed by atoms with van der Waals surface area (Å²) in [4.78, 5) is 14.7. The predicted molar refractivity (Wildman–Crippen MR) is 112 cm³/mol. The Hall–Kier alpha value is -2.07. The third-order valence-corrected chi connectivity index (χ3v) is 7.71. The Morgan fingerprint density at radius 1 is 1.03 bits per heavy atom. The summed E-state index contributed by atoms with van der Waals surface area (Å²) in [5.41, 5.74) is 0.654. The fourth-order valence-corrected chi connectivity index (χ4v) is 5.36. The molecule has 1 unspecified atom stereocenters. The maximum absolute atomic E-state index is 13.4. The molecule has 2 fully saturated rings. The fourth-order valence-electron chi connectivity index (χ4n) is 3.67. The molecule has 0 bridgehead atoms. The summed E-state index contributed by atoms with van der Waals surface area (Å²) in [7, 11) is -3.84. The highest BCUT2D eigenvalue weighted by molar-refractivity contribution is 7.89. The number of halogens is 3. The minimum atomic E-state index is -3.84. The Labute approximate surface area is 184 Å². The summed E-state index contributed by atoms with van der Waals surface area (Å²) in [5.74, 6) is -1.25. The van der Waals surface area contributed by atoms with E-state index in [1.54, 1.807) is 12.1 Å². The van der Waals surface area contributed by atoms with Gasteiger partial charge in [0.1, 0.15) is 17.7 Å².